The highest BCUT2D eigenvalue weighted by Crippen LogP contribution is 2.33. The highest BCUT2D eigenvalue weighted by Gasteiger charge is 2.33. The van der Waals surface area contributed by atoms with Crippen LogP contribution in [-0.4, -0.2) is 52.4 Å². The Bertz CT molecular complexity index is 1110. The second kappa shape index (κ2) is 9.71. The van der Waals surface area contributed by atoms with Crippen LogP contribution in [0.1, 0.15) is 53.3 Å². The van der Waals surface area contributed by atoms with Gasteiger partial charge < -0.3 is 9.64 Å². The van der Waals surface area contributed by atoms with Crippen LogP contribution in [-0.2, 0) is 6.54 Å². The SMILES string of the molecule is COc1ccc(-c2nccc(C3CCCN3C(=O)c3ccccc3CN3CCCC3)n2)cc1. The van der Waals surface area contributed by atoms with Crippen LogP contribution >= 0.6 is 0 Å². The van der Waals surface area contributed by atoms with Crippen molar-refractivity contribution in [1.29, 1.82) is 0 Å². The van der Waals surface area contributed by atoms with Gasteiger partial charge in [-0.15, -0.1) is 0 Å². The smallest absolute Gasteiger partial charge is 0.254 e. The van der Waals surface area contributed by atoms with E-state index in [1.165, 1.54) is 12.8 Å². The van der Waals surface area contributed by atoms with Gasteiger partial charge in [0, 0.05) is 30.4 Å². The molecular formula is C27H30N4O2. The highest BCUT2D eigenvalue weighted by molar-refractivity contribution is 5.96. The fourth-order valence-electron chi connectivity index (χ4n) is 4.96. The molecule has 1 unspecified atom stereocenters. The number of amides is 1. The van der Waals surface area contributed by atoms with E-state index in [-0.39, 0.29) is 11.9 Å². The van der Waals surface area contributed by atoms with E-state index in [9.17, 15) is 4.79 Å². The summed E-state index contributed by atoms with van der Waals surface area (Å²) in [5.41, 5.74) is 3.78. The molecular weight excluding hydrogens is 412 g/mol. The van der Waals surface area contributed by atoms with Gasteiger partial charge in [0.2, 0.25) is 0 Å². The molecule has 0 spiro atoms. The first-order valence-corrected chi connectivity index (χ1v) is 11.8. The van der Waals surface area contributed by atoms with Crippen LogP contribution in [0.25, 0.3) is 11.4 Å². The van der Waals surface area contributed by atoms with Crippen LogP contribution in [0, 0.1) is 0 Å². The minimum absolute atomic E-state index is 0.0302. The molecule has 2 aromatic carbocycles. The number of carbonyl (C=O) groups is 1. The Morgan fingerprint density at radius 3 is 2.58 bits per heavy atom. The number of methoxy groups -OCH3 is 1. The summed E-state index contributed by atoms with van der Waals surface area (Å²) in [6.45, 7) is 3.83. The maximum Gasteiger partial charge on any atom is 0.254 e. The van der Waals surface area contributed by atoms with Crippen LogP contribution < -0.4 is 4.74 Å². The summed E-state index contributed by atoms with van der Waals surface area (Å²) in [5.74, 6) is 1.58. The number of benzene rings is 2. The largest absolute Gasteiger partial charge is 0.497 e. The van der Waals surface area contributed by atoms with Gasteiger partial charge in [-0.25, -0.2) is 9.97 Å². The first kappa shape index (κ1) is 21.6. The van der Waals surface area contributed by atoms with Gasteiger partial charge in [-0.3, -0.25) is 9.69 Å². The topological polar surface area (TPSA) is 58.6 Å². The van der Waals surface area contributed by atoms with Crippen LogP contribution in [0.3, 0.4) is 0 Å². The summed E-state index contributed by atoms with van der Waals surface area (Å²) in [6, 6.07) is 17.7. The van der Waals surface area contributed by atoms with Crippen molar-refractivity contribution in [3.63, 3.8) is 0 Å². The third-order valence-electron chi connectivity index (χ3n) is 6.72. The van der Waals surface area contributed by atoms with Crippen molar-refractivity contribution in [3.05, 3.63) is 77.6 Å². The molecule has 3 aromatic rings. The van der Waals surface area contributed by atoms with Gasteiger partial charge >= 0.3 is 0 Å². The average Bonchev–Trinajstić information content (AvgIpc) is 3.57. The second-order valence-corrected chi connectivity index (χ2v) is 8.83. The van der Waals surface area contributed by atoms with E-state index in [0.29, 0.717) is 5.82 Å². The third-order valence-corrected chi connectivity index (χ3v) is 6.72. The molecule has 0 bridgehead atoms. The highest BCUT2D eigenvalue weighted by atomic mass is 16.5. The first-order chi connectivity index (χ1) is 16.2. The third kappa shape index (κ3) is 4.62. The maximum absolute atomic E-state index is 13.7. The summed E-state index contributed by atoms with van der Waals surface area (Å²) >= 11 is 0. The van der Waals surface area contributed by atoms with Gasteiger partial charge in [-0.1, -0.05) is 18.2 Å². The molecule has 170 valence electrons. The molecule has 1 aromatic heterocycles. The van der Waals surface area contributed by atoms with E-state index >= 15 is 0 Å². The number of aromatic nitrogens is 2. The Morgan fingerprint density at radius 1 is 1.00 bits per heavy atom. The molecule has 33 heavy (non-hydrogen) atoms. The van der Waals surface area contributed by atoms with E-state index in [1.807, 2.05) is 53.4 Å². The number of likely N-dealkylation sites (tertiary alicyclic amines) is 2. The van der Waals surface area contributed by atoms with Crippen LogP contribution in [0.5, 0.6) is 5.75 Å². The average molecular weight is 443 g/mol. The lowest BCUT2D eigenvalue weighted by molar-refractivity contribution is 0.0730. The maximum atomic E-state index is 13.7. The Hall–Kier alpha value is -3.25. The quantitative estimate of drug-likeness (QED) is 0.553. The minimum Gasteiger partial charge on any atom is -0.497 e. The first-order valence-electron chi connectivity index (χ1n) is 11.8. The Balaban J connectivity index is 1.39. The number of nitrogens with zero attached hydrogens (tertiary/aromatic N) is 4. The van der Waals surface area contributed by atoms with Gasteiger partial charge in [0.1, 0.15) is 5.75 Å². The zero-order chi connectivity index (χ0) is 22.6. The summed E-state index contributed by atoms with van der Waals surface area (Å²) in [6.07, 6.45) is 6.18. The molecule has 2 aliphatic heterocycles. The van der Waals surface area contributed by atoms with Crippen molar-refractivity contribution in [1.82, 2.24) is 19.8 Å². The lowest BCUT2D eigenvalue weighted by Crippen LogP contribution is -2.32. The van der Waals surface area contributed by atoms with E-state index in [2.05, 4.69) is 16.0 Å². The Labute approximate surface area is 195 Å². The molecule has 0 N–H and O–H groups in total. The number of rotatable bonds is 6. The van der Waals surface area contributed by atoms with E-state index in [1.54, 1.807) is 13.3 Å². The Morgan fingerprint density at radius 2 is 1.79 bits per heavy atom. The van der Waals surface area contributed by atoms with Gasteiger partial charge in [0.25, 0.3) is 5.91 Å². The predicted octanol–water partition coefficient (Wildman–Crippen LogP) is 4.73. The lowest BCUT2D eigenvalue weighted by Gasteiger charge is -2.26. The molecule has 3 heterocycles. The monoisotopic (exact) mass is 442 g/mol. The summed E-state index contributed by atoms with van der Waals surface area (Å²) in [4.78, 5) is 27.5. The number of ether oxygens (including phenoxy) is 1. The molecule has 0 aliphatic carbocycles. The fourth-order valence-corrected chi connectivity index (χ4v) is 4.96. The Kier molecular flexibility index (Phi) is 6.35. The zero-order valence-corrected chi connectivity index (χ0v) is 19.1. The minimum atomic E-state index is -0.0302. The molecule has 6 nitrogen and oxygen atoms in total. The molecule has 1 atom stereocenters. The summed E-state index contributed by atoms with van der Waals surface area (Å²) < 4.78 is 5.26. The van der Waals surface area contributed by atoms with Crippen molar-refractivity contribution in [2.75, 3.05) is 26.7 Å². The number of hydrogen-bond donors (Lipinski definition) is 0. The molecule has 1 amide bonds. The van der Waals surface area contributed by atoms with E-state index in [4.69, 9.17) is 9.72 Å². The number of carbonyl (C=O) groups excluding carboxylic acids is 1. The fraction of sp³-hybridized carbons (Fsp3) is 0.370. The summed E-state index contributed by atoms with van der Waals surface area (Å²) in [7, 11) is 1.65. The molecule has 2 fully saturated rings. The van der Waals surface area contributed by atoms with Crippen LogP contribution in [0.15, 0.2) is 60.8 Å². The standard InChI is InChI=1S/C27H30N4O2/c1-33-22-12-10-20(11-13-22)26-28-15-14-24(29-26)25-9-6-18-31(25)27(32)23-8-3-2-7-21(23)19-30-16-4-5-17-30/h2-3,7-8,10-15,25H,4-6,9,16-19H2,1H3. The van der Waals surface area contributed by atoms with Crippen molar-refractivity contribution >= 4 is 5.91 Å². The van der Waals surface area contributed by atoms with E-state index in [0.717, 1.165) is 67.2 Å². The predicted molar refractivity (Wildman–Crippen MR) is 128 cm³/mol. The molecule has 6 heteroatoms. The van der Waals surface area contributed by atoms with Crippen molar-refractivity contribution in [2.45, 2.75) is 38.3 Å². The zero-order valence-electron chi connectivity index (χ0n) is 19.1. The van der Waals surface area contributed by atoms with Gasteiger partial charge in [-0.2, -0.15) is 0 Å². The molecule has 2 aliphatic rings. The molecule has 0 radical (unpaired) electrons. The van der Waals surface area contributed by atoms with Gasteiger partial charge in [0.05, 0.1) is 18.8 Å². The second-order valence-electron chi connectivity index (χ2n) is 8.83. The van der Waals surface area contributed by atoms with Crippen LogP contribution in [0.4, 0.5) is 0 Å². The number of hydrogen-bond acceptors (Lipinski definition) is 5. The molecule has 0 saturated carbocycles. The van der Waals surface area contributed by atoms with Crippen molar-refractivity contribution < 1.29 is 9.53 Å². The van der Waals surface area contributed by atoms with Crippen molar-refractivity contribution in [3.8, 4) is 17.1 Å². The van der Waals surface area contributed by atoms with E-state index < -0.39 is 0 Å². The normalized spacial score (nSPS) is 18.6. The molecule has 5 rings (SSSR count). The molecule has 2 saturated heterocycles. The summed E-state index contributed by atoms with van der Waals surface area (Å²) in [5, 5.41) is 0. The lowest BCUT2D eigenvalue weighted by atomic mass is 10.0. The van der Waals surface area contributed by atoms with Gasteiger partial charge in [-0.05, 0) is 80.7 Å². The van der Waals surface area contributed by atoms with Crippen LogP contribution in [0.2, 0.25) is 0 Å². The van der Waals surface area contributed by atoms with Crippen molar-refractivity contribution in [2.24, 2.45) is 0 Å². The van der Waals surface area contributed by atoms with Gasteiger partial charge in [0.15, 0.2) is 5.82 Å².